The molecular formula is C12H21BrN4O2. The molecule has 0 saturated carbocycles. The summed E-state index contributed by atoms with van der Waals surface area (Å²) in [6.45, 7) is 3.54. The average Bonchev–Trinajstić information content (AvgIpc) is 2.70. The molecule has 1 aromatic rings. The molecule has 0 aromatic carbocycles. The van der Waals surface area contributed by atoms with Crippen LogP contribution in [0.25, 0.3) is 0 Å². The number of hydrogen-bond donors (Lipinski definition) is 2. The van der Waals surface area contributed by atoms with Crippen molar-refractivity contribution in [3.63, 3.8) is 0 Å². The molecule has 19 heavy (non-hydrogen) atoms. The van der Waals surface area contributed by atoms with Gasteiger partial charge in [0.05, 0.1) is 35.5 Å². The predicted octanol–water partition coefficient (Wildman–Crippen LogP) is -0.0347. The summed E-state index contributed by atoms with van der Waals surface area (Å²) in [4.78, 5) is 2.16. The molecule has 0 radical (unpaired) electrons. The number of likely N-dealkylation sites (N-methyl/N-ethyl adjacent to an activating group) is 1. The van der Waals surface area contributed by atoms with Crippen LogP contribution in [0, 0.1) is 0 Å². The van der Waals surface area contributed by atoms with E-state index in [1.165, 1.54) is 0 Å². The number of aryl methyl sites for hydroxylation is 1. The highest BCUT2D eigenvalue weighted by atomic mass is 79.9. The number of ether oxygens (including phenoxy) is 1. The summed E-state index contributed by atoms with van der Waals surface area (Å²) < 4.78 is 8.28. The van der Waals surface area contributed by atoms with E-state index in [-0.39, 0.29) is 12.1 Å². The van der Waals surface area contributed by atoms with Crippen molar-refractivity contribution in [3.05, 3.63) is 16.4 Å². The Kier molecular flexibility index (Phi) is 4.97. The minimum Gasteiger partial charge on any atom is -0.394 e. The Labute approximate surface area is 121 Å². The molecule has 1 aliphatic heterocycles. The average molecular weight is 333 g/mol. The minimum atomic E-state index is -0.334. The van der Waals surface area contributed by atoms with Crippen molar-refractivity contribution in [2.24, 2.45) is 7.05 Å². The lowest BCUT2D eigenvalue weighted by atomic mass is 9.98. The van der Waals surface area contributed by atoms with E-state index in [0.717, 1.165) is 23.3 Å². The number of halogens is 1. The molecule has 6 nitrogen and oxygen atoms in total. The monoisotopic (exact) mass is 332 g/mol. The quantitative estimate of drug-likeness (QED) is 0.792. The molecule has 1 saturated heterocycles. The van der Waals surface area contributed by atoms with Crippen molar-refractivity contribution in [1.29, 1.82) is 0 Å². The third-order valence-corrected chi connectivity index (χ3v) is 4.31. The Morgan fingerprint density at radius 3 is 2.95 bits per heavy atom. The molecule has 108 valence electrons. The van der Waals surface area contributed by atoms with Gasteiger partial charge in [0.2, 0.25) is 0 Å². The smallest absolute Gasteiger partial charge is 0.0904 e. The summed E-state index contributed by atoms with van der Waals surface area (Å²) in [6, 6.07) is 0. The van der Waals surface area contributed by atoms with Crippen LogP contribution in [0.2, 0.25) is 0 Å². The molecular weight excluding hydrogens is 312 g/mol. The molecule has 0 spiro atoms. The Hall–Kier alpha value is -0.470. The second kappa shape index (κ2) is 6.32. The molecule has 1 atom stereocenters. The lowest BCUT2D eigenvalue weighted by molar-refractivity contribution is -0.0784. The first-order valence-corrected chi connectivity index (χ1v) is 7.15. The van der Waals surface area contributed by atoms with Gasteiger partial charge in [-0.25, -0.2) is 0 Å². The summed E-state index contributed by atoms with van der Waals surface area (Å²) in [5.74, 6) is 0. The van der Waals surface area contributed by atoms with E-state index in [4.69, 9.17) is 4.74 Å². The van der Waals surface area contributed by atoms with Crippen LogP contribution in [0.3, 0.4) is 0 Å². The minimum absolute atomic E-state index is 0.0832. The number of rotatable bonds is 5. The Bertz CT molecular complexity index is 426. The second-order valence-corrected chi connectivity index (χ2v) is 5.91. The standard InChI is InChI=1S/C12H21BrN4O2/c1-16-3-4-19-9-12(16,8-18)7-14-5-11-10(13)6-17(2)15-11/h6,14,18H,3-5,7-9H2,1-2H3. The fraction of sp³-hybridized carbons (Fsp3) is 0.750. The molecule has 0 amide bonds. The topological polar surface area (TPSA) is 62.6 Å². The normalized spacial score (nSPS) is 24.8. The van der Waals surface area contributed by atoms with E-state index in [2.05, 4.69) is 31.2 Å². The molecule has 7 heteroatoms. The van der Waals surface area contributed by atoms with Crippen molar-refractivity contribution in [2.45, 2.75) is 12.1 Å². The Morgan fingerprint density at radius 1 is 1.58 bits per heavy atom. The first-order valence-electron chi connectivity index (χ1n) is 6.36. The summed E-state index contributed by atoms with van der Waals surface area (Å²) in [5.41, 5.74) is 0.634. The van der Waals surface area contributed by atoms with Gasteiger partial charge in [0.1, 0.15) is 0 Å². The van der Waals surface area contributed by atoms with Crippen LogP contribution in [0.1, 0.15) is 5.69 Å². The number of aromatic nitrogens is 2. The number of aliphatic hydroxyl groups excluding tert-OH is 1. The van der Waals surface area contributed by atoms with Gasteiger partial charge in [-0.3, -0.25) is 9.58 Å². The first kappa shape index (κ1) is 14.9. The third kappa shape index (κ3) is 3.35. The predicted molar refractivity (Wildman–Crippen MR) is 75.9 cm³/mol. The van der Waals surface area contributed by atoms with Crippen molar-refractivity contribution < 1.29 is 9.84 Å². The highest BCUT2D eigenvalue weighted by Crippen LogP contribution is 2.18. The largest absolute Gasteiger partial charge is 0.394 e. The molecule has 1 aromatic heterocycles. The van der Waals surface area contributed by atoms with Gasteiger partial charge >= 0.3 is 0 Å². The van der Waals surface area contributed by atoms with Crippen LogP contribution in [0.4, 0.5) is 0 Å². The van der Waals surface area contributed by atoms with E-state index in [0.29, 0.717) is 19.7 Å². The number of hydrogen-bond acceptors (Lipinski definition) is 5. The van der Waals surface area contributed by atoms with Gasteiger partial charge in [-0.2, -0.15) is 5.10 Å². The van der Waals surface area contributed by atoms with Gasteiger partial charge in [0.25, 0.3) is 0 Å². The fourth-order valence-corrected chi connectivity index (χ4v) is 2.77. The second-order valence-electron chi connectivity index (χ2n) is 5.06. The van der Waals surface area contributed by atoms with Crippen molar-refractivity contribution in [2.75, 3.05) is 40.0 Å². The van der Waals surface area contributed by atoms with Crippen molar-refractivity contribution >= 4 is 15.9 Å². The van der Waals surface area contributed by atoms with Gasteiger partial charge in [0.15, 0.2) is 0 Å². The summed E-state index contributed by atoms with van der Waals surface area (Å²) in [5, 5.41) is 17.4. The van der Waals surface area contributed by atoms with Crippen LogP contribution >= 0.6 is 15.9 Å². The van der Waals surface area contributed by atoms with Crippen molar-refractivity contribution in [1.82, 2.24) is 20.0 Å². The molecule has 2 heterocycles. The van der Waals surface area contributed by atoms with Crippen LogP contribution in [-0.4, -0.2) is 65.3 Å². The summed E-state index contributed by atoms with van der Waals surface area (Å²) >= 11 is 3.48. The SMILES string of the molecule is CN1CCOCC1(CO)CNCc1nn(C)cc1Br. The van der Waals surface area contributed by atoms with Crippen LogP contribution in [-0.2, 0) is 18.3 Å². The van der Waals surface area contributed by atoms with E-state index in [1.54, 1.807) is 4.68 Å². The fourth-order valence-electron chi connectivity index (χ4n) is 2.26. The van der Waals surface area contributed by atoms with E-state index >= 15 is 0 Å². The van der Waals surface area contributed by atoms with E-state index in [9.17, 15) is 5.11 Å². The number of nitrogens with zero attached hydrogens (tertiary/aromatic N) is 3. The molecule has 1 fully saturated rings. The number of morpholine rings is 1. The van der Waals surface area contributed by atoms with Crippen LogP contribution in [0.5, 0.6) is 0 Å². The maximum absolute atomic E-state index is 9.68. The zero-order valence-electron chi connectivity index (χ0n) is 11.4. The summed E-state index contributed by atoms with van der Waals surface area (Å²) in [7, 11) is 3.92. The maximum Gasteiger partial charge on any atom is 0.0904 e. The molecule has 2 rings (SSSR count). The van der Waals surface area contributed by atoms with Gasteiger partial charge < -0.3 is 15.2 Å². The van der Waals surface area contributed by atoms with Gasteiger partial charge in [0, 0.05) is 32.9 Å². The third-order valence-electron chi connectivity index (χ3n) is 3.65. The molecule has 2 N–H and O–H groups in total. The lowest BCUT2D eigenvalue weighted by Crippen LogP contribution is -2.62. The van der Waals surface area contributed by atoms with Crippen LogP contribution in [0.15, 0.2) is 10.7 Å². The van der Waals surface area contributed by atoms with Crippen molar-refractivity contribution in [3.8, 4) is 0 Å². The van der Waals surface area contributed by atoms with Gasteiger partial charge in [-0.05, 0) is 23.0 Å². The van der Waals surface area contributed by atoms with E-state index in [1.807, 2.05) is 20.3 Å². The van der Waals surface area contributed by atoms with Crippen LogP contribution < -0.4 is 5.32 Å². The molecule has 1 unspecified atom stereocenters. The zero-order valence-corrected chi connectivity index (χ0v) is 13.0. The maximum atomic E-state index is 9.68. The number of aliphatic hydroxyl groups is 1. The highest BCUT2D eigenvalue weighted by molar-refractivity contribution is 9.10. The Morgan fingerprint density at radius 2 is 2.37 bits per heavy atom. The number of nitrogens with one attached hydrogen (secondary N) is 1. The van der Waals surface area contributed by atoms with E-state index < -0.39 is 0 Å². The highest BCUT2D eigenvalue weighted by Gasteiger charge is 2.36. The lowest BCUT2D eigenvalue weighted by Gasteiger charge is -2.43. The summed E-state index contributed by atoms with van der Waals surface area (Å²) in [6.07, 6.45) is 1.93. The first-order chi connectivity index (χ1) is 9.07. The Balaban J connectivity index is 1.91. The molecule has 1 aliphatic rings. The van der Waals surface area contributed by atoms with Gasteiger partial charge in [-0.1, -0.05) is 0 Å². The zero-order chi connectivity index (χ0) is 13.9. The van der Waals surface area contributed by atoms with Gasteiger partial charge in [-0.15, -0.1) is 0 Å². The molecule has 0 bridgehead atoms. The molecule has 0 aliphatic carbocycles.